The standard InChI is InChI=1S/C20H26ClFN6O2/c1-4-27(17-7-8-28-20(25-17)14(11-29)19(23)26-28)10-13-16(30-12(2)9-24-3)6-5-15(22)18(13)21/h5-8,11-12,19,24,26H,4,9-10,23H2,1-3H3. The van der Waals surface area contributed by atoms with Gasteiger partial charge in [-0.3, -0.25) is 9.80 Å². The highest BCUT2D eigenvalue weighted by atomic mass is 35.5. The number of rotatable bonds is 8. The Morgan fingerprint density at radius 3 is 2.97 bits per heavy atom. The molecule has 2 aliphatic rings. The van der Waals surface area contributed by atoms with Gasteiger partial charge in [0, 0.05) is 31.4 Å². The summed E-state index contributed by atoms with van der Waals surface area (Å²) in [5.41, 5.74) is 9.75. The summed E-state index contributed by atoms with van der Waals surface area (Å²) < 4.78 is 20.2. The molecule has 1 aromatic carbocycles. The maximum absolute atomic E-state index is 14.2. The lowest BCUT2D eigenvalue weighted by atomic mass is 10.1. The highest BCUT2D eigenvalue weighted by Gasteiger charge is 2.30. The van der Waals surface area contributed by atoms with Gasteiger partial charge in [0.05, 0.1) is 10.6 Å². The zero-order valence-corrected chi connectivity index (χ0v) is 17.9. The average Bonchev–Trinajstić information content (AvgIpc) is 3.05. The van der Waals surface area contributed by atoms with Gasteiger partial charge < -0.3 is 20.7 Å². The monoisotopic (exact) mass is 436 g/mol. The fraction of sp³-hybridized carbons (Fsp3) is 0.400. The van der Waals surface area contributed by atoms with E-state index in [9.17, 15) is 9.18 Å². The average molecular weight is 437 g/mol. The highest BCUT2D eigenvalue weighted by Crippen LogP contribution is 2.32. The maximum Gasteiger partial charge on any atom is 0.158 e. The number of amidine groups is 1. The second-order valence-corrected chi connectivity index (χ2v) is 7.38. The molecule has 0 aliphatic carbocycles. The minimum Gasteiger partial charge on any atom is -0.489 e. The number of fused-ring (bicyclic) bond motifs is 1. The van der Waals surface area contributed by atoms with Crippen molar-refractivity contribution >= 4 is 23.7 Å². The van der Waals surface area contributed by atoms with Gasteiger partial charge in [-0.25, -0.2) is 14.8 Å². The van der Waals surface area contributed by atoms with Crippen molar-refractivity contribution in [1.82, 2.24) is 20.7 Å². The molecule has 3 rings (SSSR count). The molecule has 1 aromatic rings. The predicted octanol–water partition coefficient (Wildman–Crippen LogP) is 1.73. The molecule has 0 radical (unpaired) electrons. The van der Waals surface area contributed by atoms with E-state index in [0.29, 0.717) is 47.9 Å². The van der Waals surface area contributed by atoms with Gasteiger partial charge >= 0.3 is 0 Å². The van der Waals surface area contributed by atoms with Crippen LogP contribution in [0.5, 0.6) is 5.75 Å². The number of nitrogens with zero attached hydrogens (tertiary/aromatic N) is 3. The fourth-order valence-corrected chi connectivity index (χ4v) is 3.52. The lowest BCUT2D eigenvalue weighted by Crippen LogP contribution is -2.41. The van der Waals surface area contributed by atoms with Crippen molar-refractivity contribution in [3.05, 3.63) is 52.2 Å². The molecule has 0 saturated carbocycles. The third kappa shape index (κ3) is 4.49. The van der Waals surface area contributed by atoms with Crippen LogP contribution < -0.4 is 21.2 Å². The van der Waals surface area contributed by atoms with E-state index in [1.165, 1.54) is 6.07 Å². The molecule has 4 N–H and O–H groups in total. The Kier molecular flexibility index (Phi) is 7.09. The Morgan fingerprint density at radius 2 is 2.30 bits per heavy atom. The lowest BCUT2D eigenvalue weighted by Gasteiger charge is -2.29. The molecule has 2 aliphatic heterocycles. The largest absolute Gasteiger partial charge is 0.489 e. The van der Waals surface area contributed by atoms with E-state index in [2.05, 4.69) is 15.7 Å². The predicted molar refractivity (Wildman–Crippen MR) is 114 cm³/mol. The van der Waals surface area contributed by atoms with Gasteiger partial charge in [0.15, 0.2) is 12.1 Å². The van der Waals surface area contributed by atoms with Crippen LogP contribution in [0.4, 0.5) is 4.39 Å². The van der Waals surface area contributed by atoms with Crippen LogP contribution in [0.1, 0.15) is 19.4 Å². The van der Waals surface area contributed by atoms with Gasteiger partial charge in [0.25, 0.3) is 0 Å². The highest BCUT2D eigenvalue weighted by molar-refractivity contribution is 6.31. The van der Waals surface area contributed by atoms with E-state index in [4.69, 9.17) is 22.1 Å². The van der Waals surface area contributed by atoms with Crippen molar-refractivity contribution in [2.75, 3.05) is 20.1 Å². The zero-order valence-electron chi connectivity index (χ0n) is 17.2. The molecule has 0 spiro atoms. The van der Waals surface area contributed by atoms with Gasteiger partial charge in [-0.2, -0.15) is 0 Å². The molecule has 2 unspecified atom stereocenters. The smallest absolute Gasteiger partial charge is 0.158 e. The van der Waals surface area contributed by atoms with E-state index in [0.717, 1.165) is 0 Å². The van der Waals surface area contributed by atoms with E-state index in [1.807, 2.05) is 25.8 Å². The number of hydrogen-bond acceptors (Lipinski definition) is 8. The summed E-state index contributed by atoms with van der Waals surface area (Å²) in [5.74, 6) is 1.05. The summed E-state index contributed by atoms with van der Waals surface area (Å²) in [6.07, 6.45) is 3.49. The summed E-state index contributed by atoms with van der Waals surface area (Å²) in [4.78, 5) is 17.9. The van der Waals surface area contributed by atoms with Crippen molar-refractivity contribution in [1.29, 1.82) is 0 Å². The number of carbonyl (C=O) groups excluding carboxylic acids is 1. The van der Waals surface area contributed by atoms with Crippen molar-refractivity contribution in [2.45, 2.75) is 32.7 Å². The maximum atomic E-state index is 14.2. The van der Waals surface area contributed by atoms with E-state index in [-0.39, 0.29) is 17.7 Å². The molecule has 0 aromatic heterocycles. The number of aliphatic imine (C=N–C) groups is 1. The number of ether oxygens (including phenoxy) is 1. The minimum absolute atomic E-state index is 0.0157. The van der Waals surface area contributed by atoms with E-state index >= 15 is 0 Å². The molecular formula is C20H26ClFN6O2. The Labute approximate surface area is 180 Å². The number of likely N-dealkylation sites (N-methyl/N-ethyl adjacent to an activating group) is 2. The lowest BCUT2D eigenvalue weighted by molar-refractivity contribution is -0.105. The van der Waals surface area contributed by atoms with Gasteiger partial charge in [0.1, 0.15) is 29.7 Å². The van der Waals surface area contributed by atoms with Crippen LogP contribution in [0.15, 0.2) is 40.8 Å². The third-order valence-electron chi connectivity index (χ3n) is 4.85. The quantitative estimate of drug-likeness (QED) is 0.534. The first-order chi connectivity index (χ1) is 14.4. The van der Waals surface area contributed by atoms with Crippen molar-refractivity contribution in [2.24, 2.45) is 10.7 Å². The molecule has 10 heteroatoms. The first kappa shape index (κ1) is 22.2. The number of nitrogens with one attached hydrogen (secondary N) is 2. The van der Waals surface area contributed by atoms with Gasteiger partial charge in [0.2, 0.25) is 0 Å². The van der Waals surface area contributed by atoms with Crippen LogP contribution in [0, 0.1) is 5.82 Å². The van der Waals surface area contributed by atoms with Crippen molar-refractivity contribution in [3.8, 4) is 5.75 Å². The van der Waals surface area contributed by atoms with Crippen LogP contribution in [0.25, 0.3) is 0 Å². The van der Waals surface area contributed by atoms with E-state index < -0.39 is 12.0 Å². The molecule has 0 bridgehead atoms. The Balaban J connectivity index is 1.92. The second kappa shape index (κ2) is 9.57. The van der Waals surface area contributed by atoms with Crippen LogP contribution in [0.2, 0.25) is 5.02 Å². The second-order valence-electron chi connectivity index (χ2n) is 7.00. The number of hydrogen-bond donors (Lipinski definition) is 3. The molecule has 0 fully saturated rings. The summed E-state index contributed by atoms with van der Waals surface area (Å²) >= 11 is 6.31. The minimum atomic E-state index is -0.619. The topological polar surface area (TPSA) is 95.2 Å². The van der Waals surface area contributed by atoms with Crippen LogP contribution in [-0.4, -0.2) is 54.4 Å². The Bertz CT molecular complexity index is 904. The van der Waals surface area contributed by atoms with Crippen LogP contribution in [-0.2, 0) is 11.3 Å². The van der Waals surface area contributed by atoms with Gasteiger partial charge in [-0.1, -0.05) is 11.6 Å². The molecule has 30 heavy (non-hydrogen) atoms. The normalized spacial score (nSPS) is 18.9. The molecule has 162 valence electrons. The van der Waals surface area contributed by atoms with E-state index in [1.54, 1.807) is 23.4 Å². The number of carbonyl (C=O) groups is 1. The SMILES string of the molecule is CCN(Cc1c(OC(C)CNC)ccc(F)c1Cl)C1=NC2=C(C=O)C(N)NN2C=C1. The molecule has 0 saturated heterocycles. The first-order valence-electron chi connectivity index (χ1n) is 9.69. The molecule has 2 heterocycles. The number of hydrazine groups is 1. The van der Waals surface area contributed by atoms with Gasteiger partial charge in [-0.15, -0.1) is 0 Å². The molecule has 2 atom stereocenters. The molecular weight excluding hydrogens is 411 g/mol. The fourth-order valence-electron chi connectivity index (χ4n) is 3.30. The summed E-state index contributed by atoms with van der Waals surface area (Å²) in [7, 11) is 1.83. The first-order valence-corrected chi connectivity index (χ1v) is 10.1. The Morgan fingerprint density at radius 1 is 1.53 bits per heavy atom. The number of benzene rings is 1. The number of aldehydes is 1. The van der Waals surface area contributed by atoms with Crippen LogP contribution in [0.3, 0.4) is 0 Å². The summed E-state index contributed by atoms with van der Waals surface area (Å²) in [6, 6.07) is 2.88. The Hall–Kier alpha value is -2.46. The summed E-state index contributed by atoms with van der Waals surface area (Å²) in [6.45, 7) is 5.36. The third-order valence-corrected chi connectivity index (χ3v) is 5.26. The molecule has 8 nitrogen and oxygen atoms in total. The van der Waals surface area contributed by atoms with Crippen molar-refractivity contribution in [3.63, 3.8) is 0 Å². The number of nitrogens with two attached hydrogens (primary N) is 1. The number of halogens is 2. The zero-order chi connectivity index (χ0) is 21.8. The van der Waals surface area contributed by atoms with Crippen molar-refractivity contribution < 1.29 is 13.9 Å². The summed E-state index contributed by atoms with van der Waals surface area (Å²) in [5, 5.41) is 4.67. The molecule has 0 amide bonds. The van der Waals surface area contributed by atoms with Gasteiger partial charge in [-0.05, 0) is 39.1 Å². The van der Waals surface area contributed by atoms with Crippen LogP contribution >= 0.6 is 11.6 Å².